The third-order valence-electron chi connectivity index (χ3n) is 6.36. The van der Waals surface area contributed by atoms with Gasteiger partial charge in [-0.25, -0.2) is 0 Å². The summed E-state index contributed by atoms with van der Waals surface area (Å²) in [6.45, 7) is 15.5. The number of carbonyl (C=O) groups excluding carboxylic acids is 1. The molecule has 1 fully saturated rings. The van der Waals surface area contributed by atoms with Crippen LogP contribution in [0.5, 0.6) is 5.75 Å². The number of piperidine rings is 1. The van der Waals surface area contributed by atoms with Crippen LogP contribution in [0.1, 0.15) is 76.6 Å². The Morgan fingerprint density at radius 2 is 1.55 bits per heavy atom. The summed E-state index contributed by atoms with van der Waals surface area (Å²) in [5.74, 6) is 0.304. The van der Waals surface area contributed by atoms with Gasteiger partial charge in [0.05, 0.1) is 0 Å². The maximum absolute atomic E-state index is 12.6. The Bertz CT molecular complexity index is 938. The molecule has 0 bridgehead atoms. The summed E-state index contributed by atoms with van der Waals surface area (Å²) in [5, 5.41) is 14.1. The van der Waals surface area contributed by atoms with Crippen molar-refractivity contribution in [3.8, 4) is 5.75 Å². The van der Waals surface area contributed by atoms with Crippen molar-refractivity contribution in [3.05, 3.63) is 70.8 Å². The van der Waals surface area contributed by atoms with Gasteiger partial charge < -0.3 is 10.4 Å². The number of rotatable bonds is 5. The molecular weight excluding hydrogens is 408 g/mol. The molecule has 178 valence electrons. The molecule has 1 saturated heterocycles. The summed E-state index contributed by atoms with van der Waals surface area (Å²) in [6.07, 6.45) is 5.42. The van der Waals surface area contributed by atoms with E-state index in [-0.39, 0.29) is 22.8 Å². The normalized spacial score (nSPS) is 16.3. The first kappa shape index (κ1) is 25.0. The molecule has 0 unspecified atom stereocenters. The number of phenols is 1. The SMILES string of the molecule is CC(C)(C)c1cc(/C=C/C(=O)NC2CCN(Cc3ccccc3)CC2)cc(C(C)(C)C)c1O. The summed E-state index contributed by atoms with van der Waals surface area (Å²) in [4.78, 5) is 15.1. The number of phenolic OH excluding ortho intramolecular Hbond substituents is 1. The van der Waals surface area contributed by atoms with Gasteiger partial charge in [-0.3, -0.25) is 9.69 Å². The molecule has 1 amide bonds. The van der Waals surface area contributed by atoms with Crippen LogP contribution in [0, 0.1) is 0 Å². The van der Waals surface area contributed by atoms with E-state index in [1.807, 2.05) is 24.3 Å². The first-order valence-corrected chi connectivity index (χ1v) is 12.1. The standard InChI is InChI=1S/C29H40N2O2/c1-28(2,3)24-18-22(19-25(27(24)33)29(4,5)6)12-13-26(32)30-23-14-16-31(17-15-23)20-21-10-8-7-9-11-21/h7-13,18-19,23,33H,14-17,20H2,1-6H3,(H,30,32)/b13-12+. The van der Waals surface area contributed by atoms with E-state index in [1.165, 1.54) is 5.56 Å². The van der Waals surface area contributed by atoms with Crippen molar-refractivity contribution in [1.29, 1.82) is 0 Å². The maximum atomic E-state index is 12.6. The van der Waals surface area contributed by atoms with Crippen molar-refractivity contribution in [2.24, 2.45) is 0 Å². The number of amides is 1. The molecule has 1 aliphatic rings. The molecule has 3 rings (SSSR count). The molecule has 0 atom stereocenters. The summed E-state index contributed by atoms with van der Waals surface area (Å²) in [6, 6.07) is 14.7. The number of nitrogens with zero attached hydrogens (tertiary/aromatic N) is 1. The fraction of sp³-hybridized carbons (Fsp3) is 0.483. The van der Waals surface area contributed by atoms with Crippen LogP contribution < -0.4 is 5.32 Å². The van der Waals surface area contributed by atoms with Crippen LogP contribution in [-0.4, -0.2) is 35.0 Å². The van der Waals surface area contributed by atoms with E-state index in [0.717, 1.165) is 49.2 Å². The molecule has 2 N–H and O–H groups in total. The van der Waals surface area contributed by atoms with E-state index in [9.17, 15) is 9.90 Å². The van der Waals surface area contributed by atoms with Crippen LogP contribution in [0.3, 0.4) is 0 Å². The van der Waals surface area contributed by atoms with Crippen LogP contribution in [-0.2, 0) is 22.2 Å². The van der Waals surface area contributed by atoms with Gasteiger partial charge in [0, 0.05) is 42.9 Å². The van der Waals surface area contributed by atoms with E-state index < -0.39 is 0 Å². The van der Waals surface area contributed by atoms with Crippen LogP contribution in [0.15, 0.2) is 48.5 Å². The van der Waals surface area contributed by atoms with E-state index in [0.29, 0.717) is 5.75 Å². The number of hydrogen-bond donors (Lipinski definition) is 2. The summed E-state index contributed by atoms with van der Waals surface area (Å²) in [7, 11) is 0. The smallest absolute Gasteiger partial charge is 0.244 e. The predicted molar refractivity (Wildman–Crippen MR) is 137 cm³/mol. The third kappa shape index (κ3) is 6.94. The van der Waals surface area contributed by atoms with Crippen LogP contribution in [0.25, 0.3) is 6.08 Å². The van der Waals surface area contributed by atoms with Gasteiger partial charge in [-0.1, -0.05) is 71.9 Å². The number of hydrogen-bond acceptors (Lipinski definition) is 3. The molecule has 0 aliphatic carbocycles. The van der Waals surface area contributed by atoms with Crippen LogP contribution in [0.2, 0.25) is 0 Å². The second kappa shape index (κ2) is 10.1. The minimum atomic E-state index is -0.191. The highest BCUT2D eigenvalue weighted by Crippen LogP contribution is 2.40. The zero-order chi connectivity index (χ0) is 24.2. The number of aromatic hydroxyl groups is 1. The first-order valence-electron chi connectivity index (χ1n) is 12.1. The first-order chi connectivity index (χ1) is 15.4. The number of nitrogens with one attached hydrogen (secondary N) is 1. The monoisotopic (exact) mass is 448 g/mol. The van der Waals surface area contributed by atoms with E-state index in [4.69, 9.17) is 0 Å². The van der Waals surface area contributed by atoms with Gasteiger partial charge >= 0.3 is 0 Å². The number of likely N-dealkylation sites (tertiary alicyclic amines) is 1. The highest BCUT2D eigenvalue weighted by atomic mass is 16.3. The van der Waals surface area contributed by atoms with Crippen LogP contribution >= 0.6 is 0 Å². The Hall–Kier alpha value is -2.59. The lowest BCUT2D eigenvalue weighted by molar-refractivity contribution is -0.117. The molecule has 4 nitrogen and oxygen atoms in total. The van der Waals surface area contributed by atoms with Crippen molar-refractivity contribution >= 4 is 12.0 Å². The van der Waals surface area contributed by atoms with Gasteiger partial charge in [-0.05, 0) is 53.0 Å². The molecule has 2 aromatic carbocycles. The zero-order valence-electron chi connectivity index (χ0n) is 21.1. The Balaban J connectivity index is 1.61. The summed E-state index contributed by atoms with van der Waals surface area (Å²) >= 11 is 0. The predicted octanol–water partition coefficient (Wildman–Crippen LogP) is 5.78. The molecule has 0 spiro atoms. The highest BCUT2D eigenvalue weighted by Gasteiger charge is 2.26. The third-order valence-corrected chi connectivity index (χ3v) is 6.36. The fourth-order valence-electron chi connectivity index (χ4n) is 4.39. The molecule has 33 heavy (non-hydrogen) atoms. The van der Waals surface area contributed by atoms with E-state index in [2.05, 4.69) is 76.0 Å². The van der Waals surface area contributed by atoms with Crippen molar-refractivity contribution in [1.82, 2.24) is 10.2 Å². The quantitative estimate of drug-likeness (QED) is 0.570. The van der Waals surface area contributed by atoms with E-state index >= 15 is 0 Å². The number of carbonyl (C=O) groups is 1. The largest absolute Gasteiger partial charge is 0.507 e. The second-order valence-corrected chi connectivity index (χ2v) is 11.3. The number of benzene rings is 2. The van der Waals surface area contributed by atoms with Gasteiger partial charge in [0.1, 0.15) is 5.75 Å². The minimum absolute atomic E-state index is 0.0563. The lowest BCUT2D eigenvalue weighted by atomic mass is 9.78. The van der Waals surface area contributed by atoms with Crippen LogP contribution in [0.4, 0.5) is 0 Å². The zero-order valence-corrected chi connectivity index (χ0v) is 21.1. The highest BCUT2D eigenvalue weighted by molar-refractivity contribution is 5.92. The summed E-state index contributed by atoms with van der Waals surface area (Å²) in [5.41, 5.74) is 3.70. The average Bonchev–Trinajstić information content (AvgIpc) is 2.73. The van der Waals surface area contributed by atoms with Gasteiger partial charge in [-0.2, -0.15) is 0 Å². The Morgan fingerprint density at radius 1 is 1.00 bits per heavy atom. The average molecular weight is 449 g/mol. The lowest BCUT2D eigenvalue weighted by Crippen LogP contribution is -2.43. The molecule has 0 radical (unpaired) electrons. The Morgan fingerprint density at radius 3 is 2.06 bits per heavy atom. The molecule has 1 aliphatic heterocycles. The van der Waals surface area contributed by atoms with Gasteiger partial charge in [0.25, 0.3) is 0 Å². The molecular formula is C29H40N2O2. The van der Waals surface area contributed by atoms with Crippen molar-refractivity contribution in [3.63, 3.8) is 0 Å². The molecule has 0 aromatic heterocycles. The topological polar surface area (TPSA) is 52.6 Å². The van der Waals surface area contributed by atoms with E-state index in [1.54, 1.807) is 6.08 Å². The van der Waals surface area contributed by atoms with Gasteiger partial charge in [0.15, 0.2) is 0 Å². The lowest BCUT2D eigenvalue weighted by Gasteiger charge is -2.32. The maximum Gasteiger partial charge on any atom is 0.244 e. The van der Waals surface area contributed by atoms with Crippen molar-refractivity contribution < 1.29 is 9.90 Å². The molecule has 4 heteroatoms. The Kier molecular flexibility index (Phi) is 7.69. The van der Waals surface area contributed by atoms with Gasteiger partial charge in [-0.15, -0.1) is 0 Å². The Labute approximate surface area is 199 Å². The van der Waals surface area contributed by atoms with Gasteiger partial charge in [0.2, 0.25) is 5.91 Å². The fourth-order valence-corrected chi connectivity index (χ4v) is 4.39. The molecule has 0 saturated carbocycles. The van der Waals surface area contributed by atoms with Crippen molar-refractivity contribution in [2.75, 3.05) is 13.1 Å². The summed E-state index contributed by atoms with van der Waals surface area (Å²) < 4.78 is 0. The second-order valence-electron chi connectivity index (χ2n) is 11.3. The molecule has 1 heterocycles. The van der Waals surface area contributed by atoms with Crippen molar-refractivity contribution in [2.45, 2.75) is 77.8 Å². The minimum Gasteiger partial charge on any atom is -0.507 e. The molecule has 2 aromatic rings.